The second kappa shape index (κ2) is 10.2. The van der Waals surface area contributed by atoms with Gasteiger partial charge in [0.25, 0.3) is 0 Å². The van der Waals surface area contributed by atoms with Crippen LogP contribution in [-0.4, -0.2) is 55.0 Å². The fraction of sp³-hybridized carbons (Fsp3) is 0.529. The fourth-order valence-corrected chi connectivity index (χ4v) is 2.91. The summed E-state index contributed by atoms with van der Waals surface area (Å²) in [6.45, 7) is 2.08. The number of guanidine groups is 1. The number of rotatable bonds is 11. The number of aliphatic imine (C=N–C) groups is 1. The molecule has 2 atom stereocenters. The number of nitrogens with two attached hydrogens (primary N) is 3. The lowest BCUT2D eigenvalue weighted by Crippen LogP contribution is -2.56. The molecule has 0 saturated carbocycles. The normalized spacial score (nSPS) is 14.1. The van der Waals surface area contributed by atoms with Crippen molar-refractivity contribution in [2.24, 2.45) is 22.2 Å². The summed E-state index contributed by atoms with van der Waals surface area (Å²) < 4.78 is 5.47. The fourth-order valence-electron chi connectivity index (χ4n) is 2.68. The van der Waals surface area contributed by atoms with Gasteiger partial charge in [0.2, 0.25) is 5.54 Å². The van der Waals surface area contributed by atoms with E-state index in [9.17, 15) is 14.7 Å². The summed E-state index contributed by atoms with van der Waals surface area (Å²) in [7, 11) is 0. The van der Waals surface area contributed by atoms with E-state index < -0.39 is 23.6 Å². The van der Waals surface area contributed by atoms with Gasteiger partial charge in [-0.25, -0.2) is 24.5 Å². The molecule has 2 heterocycles. The van der Waals surface area contributed by atoms with Crippen LogP contribution in [0.3, 0.4) is 0 Å². The predicted molar refractivity (Wildman–Crippen MR) is 110 cm³/mol. The summed E-state index contributed by atoms with van der Waals surface area (Å²) in [5.41, 5.74) is 14.8. The second-order valence-electron chi connectivity index (χ2n) is 6.70. The number of esters is 1. The zero-order chi connectivity index (χ0) is 22.3. The zero-order valence-corrected chi connectivity index (χ0v) is 17.2. The Morgan fingerprint density at radius 1 is 1.37 bits per heavy atom. The van der Waals surface area contributed by atoms with Crippen LogP contribution in [0.4, 0.5) is 0 Å². The highest BCUT2D eigenvalue weighted by atomic mass is 35.5. The van der Waals surface area contributed by atoms with Crippen molar-refractivity contribution in [3.05, 3.63) is 17.3 Å². The number of aromatic nitrogens is 4. The van der Waals surface area contributed by atoms with Crippen LogP contribution >= 0.6 is 11.6 Å². The summed E-state index contributed by atoms with van der Waals surface area (Å²) in [5.74, 6) is -2.65. The molecule has 0 amide bonds. The third kappa shape index (κ3) is 5.54. The monoisotopic (exact) mass is 440 g/mol. The molecule has 2 aromatic rings. The summed E-state index contributed by atoms with van der Waals surface area (Å²) in [6.07, 6.45) is 2.25. The number of H-pyrrole nitrogens is 1. The van der Waals surface area contributed by atoms with Gasteiger partial charge in [0.05, 0.1) is 6.33 Å². The third-order valence-electron chi connectivity index (χ3n) is 4.39. The molecule has 2 rings (SSSR count). The van der Waals surface area contributed by atoms with Gasteiger partial charge in [-0.05, 0) is 25.7 Å². The molecule has 0 spiro atoms. The standard InChI is InChI=1S/C17H25ClN8O4/c1-2-3-5-9(12-25-11(18)10-13(26-12)24-8-23-10)30-15(29)17(21,14(27)28)6-4-7-22-16(19)20/h8-9H,2-7,21H2,1H3,(H,27,28)(H4,19,20,22)(H,23,24,25,26)/t9?,17-/m1/s1. The Morgan fingerprint density at radius 3 is 2.73 bits per heavy atom. The Labute approximate surface area is 177 Å². The molecule has 30 heavy (non-hydrogen) atoms. The first-order valence-electron chi connectivity index (χ1n) is 9.34. The first-order valence-corrected chi connectivity index (χ1v) is 9.72. The molecule has 164 valence electrons. The summed E-state index contributed by atoms with van der Waals surface area (Å²) in [6, 6.07) is 0. The number of carboxylic acid groups (broad SMARTS) is 1. The number of hydrogen-bond acceptors (Lipinski definition) is 8. The first kappa shape index (κ1) is 23.3. The molecule has 0 aliphatic rings. The Morgan fingerprint density at radius 2 is 2.10 bits per heavy atom. The maximum Gasteiger partial charge on any atom is 0.338 e. The van der Waals surface area contributed by atoms with E-state index >= 15 is 0 Å². The van der Waals surface area contributed by atoms with Crippen LogP contribution in [0.1, 0.15) is 51.0 Å². The quantitative estimate of drug-likeness (QED) is 0.0820. The minimum Gasteiger partial charge on any atom is -0.479 e. The summed E-state index contributed by atoms with van der Waals surface area (Å²) in [4.78, 5) is 43.6. The van der Waals surface area contributed by atoms with Gasteiger partial charge in [0.15, 0.2) is 28.7 Å². The van der Waals surface area contributed by atoms with E-state index in [0.717, 1.165) is 6.42 Å². The molecule has 0 aromatic carbocycles. The van der Waals surface area contributed by atoms with E-state index in [1.165, 1.54) is 6.33 Å². The van der Waals surface area contributed by atoms with E-state index in [-0.39, 0.29) is 36.3 Å². The summed E-state index contributed by atoms with van der Waals surface area (Å²) in [5, 5.41) is 9.66. The molecule has 0 aliphatic carbocycles. The Kier molecular flexibility index (Phi) is 7.89. The molecule has 8 N–H and O–H groups in total. The highest BCUT2D eigenvalue weighted by Crippen LogP contribution is 2.27. The van der Waals surface area contributed by atoms with E-state index in [4.69, 9.17) is 33.5 Å². The molecule has 0 fully saturated rings. The Hall–Kier alpha value is -2.99. The van der Waals surface area contributed by atoms with Crippen LogP contribution in [0.25, 0.3) is 11.2 Å². The molecule has 0 radical (unpaired) electrons. The van der Waals surface area contributed by atoms with Crippen molar-refractivity contribution in [1.29, 1.82) is 0 Å². The predicted octanol–water partition coefficient (Wildman–Crippen LogP) is 0.617. The maximum atomic E-state index is 12.8. The SMILES string of the molecule is CCCCC(OC(=O)[C@@](N)(CCCN=C(N)N)C(=O)O)c1nc(Cl)c2[nH]cnc2n1. The topological polar surface area (TPSA) is 208 Å². The smallest absolute Gasteiger partial charge is 0.338 e. The van der Waals surface area contributed by atoms with Gasteiger partial charge in [-0.2, -0.15) is 0 Å². The molecule has 0 aliphatic heterocycles. The highest BCUT2D eigenvalue weighted by molar-refractivity contribution is 6.33. The number of carbonyl (C=O) groups excluding carboxylic acids is 1. The summed E-state index contributed by atoms with van der Waals surface area (Å²) >= 11 is 6.15. The van der Waals surface area contributed by atoms with Gasteiger partial charge in [0, 0.05) is 6.54 Å². The number of imidazole rings is 1. The number of hydrogen-bond donors (Lipinski definition) is 5. The molecular weight excluding hydrogens is 416 g/mol. The van der Waals surface area contributed by atoms with Gasteiger partial charge < -0.3 is 32.0 Å². The van der Waals surface area contributed by atoms with E-state index in [1.54, 1.807) is 0 Å². The second-order valence-corrected chi connectivity index (χ2v) is 7.05. The minimum absolute atomic E-state index is 0.111. The minimum atomic E-state index is -2.27. The molecule has 1 unspecified atom stereocenters. The first-order chi connectivity index (χ1) is 14.2. The van der Waals surface area contributed by atoms with E-state index in [2.05, 4.69) is 24.9 Å². The molecule has 13 heteroatoms. The number of carboxylic acids is 1. The number of nitrogens with zero attached hydrogens (tertiary/aromatic N) is 4. The number of fused-ring (bicyclic) bond motifs is 1. The van der Waals surface area contributed by atoms with Gasteiger partial charge in [-0.3, -0.25) is 4.99 Å². The largest absolute Gasteiger partial charge is 0.479 e. The van der Waals surface area contributed by atoms with Crippen molar-refractivity contribution in [1.82, 2.24) is 19.9 Å². The van der Waals surface area contributed by atoms with Gasteiger partial charge in [-0.15, -0.1) is 0 Å². The number of ether oxygens (including phenoxy) is 1. The highest BCUT2D eigenvalue weighted by Gasteiger charge is 2.44. The lowest BCUT2D eigenvalue weighted by molar-refractivity contribution is -0.166. The molecule has 0 bridgehead atoms. The number of nitrogens with one attached hydrogen (secondary N) is 1. The van der Waals surface area contributed by atoms with Crippen molar-refractivity contribution in [2.45, 2.75) is 50.7 Å². The van der Waals surface area contributed by atoms with E-state index in [1.807, 2.05) is 6.92 Å². The van der Waals surface area contributed by atoms with Crippen molar-refractivity contribution in [2.75, 3.05) is 6.54 Å². The van der Waals surface area contributed by atoms with Crippen LogP contribution in [-0.2, 0) is 14.3 Å². The van der Waals surface area contributed by atoms with Crippen LogP contribution < -0.4 is 17.2 Å². The van der Waals surface area contributed by atoms with Crippen LogP contribution in [0.5, 0.6) is 0 Å². The lowest BCUT2D eigenvalue weighted by atomic mass is 9.94. The van der Waals surface area contributed by atoms with Gasteiger partial charge in [0.1, 0.15) is 5.52 Å². The maximum absolute atomic E-state index is 12.8. The number of carbonyl (C=O) groups is 2. The van der Waals surface area contributed by atoms with Crippen LogP contribution in [0.2, 0.25) is 5.15 Å². The third-order valence-corrected chi connectivity index (χ3v) is 4.66. The van der Waals surface area contributed by atoms with Gasteiger partial charge >= 0.3 is 11.9 Å². The Bertz CT molecular complexity index is 930. The van der Waals surface area contributed by atoms with Crippen molar-refractivity contribution in [3.8, 4) is 0 Å². The van der Waals surface area contributed by atoms with Crippen molar-refractivity contribution < 1.29 is 19.4 Å². The average molecular weight is 441 g/mol. The zero-order valence-electron chi connectivity index (χ0n) is 16.5. The number of unbranched alkanes of at least 4 members (excludes halogenated alkanes) is 1. The number of aliphatic carboxylic acids is 1. The molecule has 12 nitrogen and oxygen atoms in total. The van der Waals surface area contributed by atoms with Crippen molar-refractivity contribution in [3.63, 3.8) is 0 Å². The average Bonchev–Trinajstić information content (AvgIpc) is 3.17. The molecule has 2 aromatic heterocycles. The van der Waals surface area contributed by atoms with E-state index in [0.29, 0.717) is 24.0 Å². The number of halogens is 1. The van der Waals surface area contributed by atoms with Gasteiger partial charge in [-0.1, -0.05) is 24.9 Å². The van der Waals surface area contributed by atoms with Crippen LogP contribution in [0.15, 0.2) is 11.3 Å². The molecule has 0 saturated heterocycles. The molecular formula is C17H25ClN8O4. The Balaban J connectivity index is 2.24. The van der Waals surface area contributed by atoms with Crippen molar-refractivity contribution >= 4 is 40.7 Å². The van der Waals surface area contributed by atoms with Crippen LogP contribution in [0, 0.1) is 0 Å². The lowest BCUT2D eigenvalue weighted by Gasteiger charge is -2.25. The number of aromatic amines is 1.